The molecule has 0 aliphatic heterocycles. The number of aromatic nitrogens is 1. The quantitative estimate of drug-likeness (QED) is 0.822. The fraction of sp³-hybridized carbons (Fsp3) is 0.286. The molecule has 0 radical (unpaired) electrons. The summed E-state index contributed by atoms with van der Waals surface area (Å²) in [5.74, 6) is 0.536. The molecule has 0 bridgehead atoms. The lowest BCUT2D eigenvalue weighted by Crippen LogP contribution is -2.11. The number of rotatable bonds is 5. The lowest BCUT2D eigenvalue weighted by atomic mass is 10.2. The van der Waals surface area contributed by atoms with E-state index in [1.165, 1.54) is 0 Å². The zero-order chi connectivity index (χ0) is 12.8. The van der Waals surface area contributed by atoms with Gasteiger partial charge in [-0.25, -0.2) is 4.79 Å². The van der Waals surface area contributed by atoms with Crippen molar-refractivity contribution in [3.63, 3.8) is 0 Å². The average molecular weight is 244 g/mol. The Hall–Kier alpha value is -2.10. The molecule has 2 aromatic heterocycles. The molecule has 0 aliphatic carbocycles. The van der Waals surface area contributed by atoms with Gasteiger partial charge in [-0.2, -0.15) is 0 Å². The van der Waals surface area contributed by atoms with Crippen molar-refractivity contribution < 1.29 is 4.42 Å². The minimum atomic E-state index is -0.340. The van der Waals surface area contributed by atoms with Crippen LogP contribution in [0.4, 0.5) is 5.69 Å². The summed E-state index contributed by atoms with van der Waals surface area (Å²) in [5, 5.41) is 3.07. The van der Waals surface area contributed by atoms with Crippen LogP contribution in [0, 0.1) is 0 Å². The Morgan fingerprint density at radius 1 is 1.33 bits per heavy atom. The third-order valence-corrected chi connectivity index (χ3v) is 2.62. The lowest BCUT2D eigenvalue weighted by molar-refractivity contribution is 0.527. The third-order valence-electron chi connectivity index (χ3n) is 2.62. The summed E-state index contributed by atoms with van der Waals surface area (Å²) in [6.07, 6.45) is 5.47. The molecule has 0 amide bonds. The molecule has 0 fully saturated rings. The highest BCUT2D eigenvalue weighted by Gasteiger charge is 2.04. The van der Waals surface area contributed by atoms with Crippen LogP contribution in [0.25, 0.3) is 11.3 Å². The summed E-state index contributed by atoms with van der Waals surface area (Å²) in [5.41, 5.74) is 0.971. The number of hydrogen-bond donors (Lipinski definition) is 1. The van der Waals surface area contributed by atoms with Gasteiger partial charge in [0.05, 0.1) is 0 Å². The number of hydrogen-bond acceptors (Lipinski definition) is 4. The van der Waals surface area contributed by atoms with Crippen LogP contribution < -0.4 is 10.9 Å². The summed E-state index contributed by atoms with van der Waals surface area (Å²) in [6, 6.07) is 7.20. The Bertz CT molecular complexity index is 549. The van der Waals surface area contributed by atoms with E-state index in [1.807, 2.05) is 12.1 Å². The second kappa shape index (κ2) is 6.00. The Morgan fingerprint density at radius 2 is 2.22 bits per heavy atom. The van der Waals surface area contributed by atoms with Gasteiger partial charge in [0.2, 0.25) is 0 Å². The standard InChI is InChI=1S/C14H16N2O2/c1-2-3-9-16-12-6-7-13(18-14(12)17)11-5-4-8-15-10-11/h4-8,10,16H,2-3,9H2,1H3. The number of pyridine rings is 1. The first-order chi connectivity index (χ1) is 8.81. The van der Waals surface area contributed by atoms with Crippen LogP contribution in [0.1, 0.15) is 19.8 Å². The van der Waals surface area contributed by atoms with Crippen LogP contribution >= 0.6 is 0 Å². The molecule has 0 saturated heterocycles. The molecule has 0 unspecified atom stereocenters. The van der Waals surface area contributed by atoms with Gasteiger partial charge in [0.15, 0.2) is 0 Å². The highest BCUT2D eigenvalue weighted by Crippen LogP contribution is 2.17. The van der Waals surface area contributed by atoms with Crippen molar-refractivity contribution in [2.75, 3.05) is 11.9 Å². The Balaban J connectivity index is 2.18. The predicted molar refractivity (Wildman–Crippen MR) is 71.6 cm³/mol. The van der Waals surface area contributed by atoms with Crippen molar-refractivity contribution in [2.24, 2.45) is 0 Å². The Morgan fingerprint density at radius 3 is 2.89 bits per heavy atom. The van der Waals surface area contributed by atoms with Gasteiger partial charge in [0, 0.05) is 24.5 Å². The van der Waals surface area contributed by atoms with Crippen molar-refractivity contribution in [2.45, 2.75) is 19.8 Å². The second-order valence-corrected chi connectivity index (χ2v) is 4.02. The molecule has 2 heterocycles. The van der Waals surface area contributed by atoms with Crippen molar-refractivity contribution in [1.29, 1.82) is 0 Å². The molecule has 1 N–H and O–H groups in total. The lowest BCUT2D eigenvalue weighted by Gasteiger charge is -2.04. The van der Waals surface area contributed by atoms with E-state index in [0.717, 1.165) is 24.9 Å². The first-order valence-corrected chi connectivity index (χ1v) is 6.09. The predicted octanol–water partition coefficient (Wildman–Crippen LogP) is 2.91. The van der Waals surface area contributed by atoms with Crippen molar-refractivity contribution >= 4 is 5.69 Å². The maximum atomic E-state index is 11.8. The first kappa shape index (κ1) is 12.4. The average Bonchev–Trinajstić information content (AvgIpc) is 2.42. The van der Waals surface area contributed by atoms with E-state index in [1.54, 1.807) is 24.5 Å². The summed E-state index contributed by atoms with van der Waals surface area (Å²) in [4.78, 5) is 15.8. The van der Waals surface area contributed by atoms with E-state index in [0.29, 0.717) is 11.4 Å². The van der Waals surface area contributed by atoms with E-state index in [2.05, 4.69) is 17.2 Å². The highest BCUT2D eigenvalue weighted by atomic mass is 16.4. The molecule has 0 atom stereocenters. The van der Waals surface area contributed by atoms with Gasteiger partial charge < -0.3 is 9.73 Å². The van der Waals surface area contributed by atoms with Crippen LogP contribution in [0.15, 0.2) is 45.9 Å². The normalized spacial score (nSPS) is 10.3. The van der Waals surface area contributed by atoms with Crippen LogP contribution in [0.2, 0.25) is 0 Å². The maximum absolute atomic E-state index is 11.8. The first-order valence-electron chi connectivity index (χ1n) is 6.09. The topological polar surface area (TPSA) is 55.1 Å². The second-order valence-electron chi connectivity index (χ2n) is 4.02. The maximum Gasteiger partial charge on any atom is 0.359 e. The van der Waals surface area contributed by atoms with Gasteiger partial charge in [-0.3, -0.25) is 4.98 Å². The molecule has 2 rings (SSSR count). The zero-order valence-corrected chi connectivity index (χ0v) is 10.3. The molecule has 0 spiro atoms. The molecule has 18 heavy (non-hydrogen) atoms. The number of unbranched alkanes of at least 4 members (excludes halogenated alkanes) is 1. The van der Waals surface area contributed by atoms with Gasteiger partial charge in [-0.15, -0.1) is 0 Å². The van der Waals surface area contributed by atoms with Crippen LogP contribution in [0.3, 0.4) is 0 Å². The number of anilines is 1. The van der Waals surface area contributed by atoms with E-state index < -0.39 is 0 Å². The smallest absolute Gasteiger partial charge is 0.359 e. The summed E-state index contributed by atoms with van der Waals surface area (Å²) < 4.78 is 5.27. The molecule has 0 saturated carbocycles. The molecule has 0 aliphatic rings. The highest BCUT2D eigenvalue weighted by molar-refractivity contribution is 5.57. The van der Waals surface area contributed by atoms with Crippen molar-refractivity contribution in [1.82, 2.24) is 4.98 Å². The number of nitrogens with one attached hydrogen (secondary N) is 1. The monoisotopic (exact) mass is 244 g/mol. The van der Waals surface area contributed by atoms with Gasteiger partial charge in [-0.05, 0) is 30.7 Å². The van der Waals surface area contributed by atoms with Gasteiger partial charge in [-0.1, -0.05) is 13.3 Å². The molecular formula is C14H16N2O2. The molecule has 2 aromatic rings. The molecule has 94 valence electrons. The van der Waals surface area contributed by atoms with Gasteiger partial charge in [0.25, 0.3) is 0 Å². The minimum absolute atomic E-state index is 0.340. The largest absolute Gasteiger partial charge is 0.421 e. The Kier molecular flexibility index (Phi) is 4.12. The van der Waals surface area contributed by atoms with Gasteiger partial charge in [0.1, 0.15) is 11.4 Å². The molecule has 4 heteroatoms. The fourth-order valence-corrected chi connectivity index (χ4v) is 1.61. The van der Waals surface area contributed by atoms with Gasteiger partial charge >= 0.3 is 5.63 Å². The van der Waals surface area contributed by atoms with Crippen LogP contribution in [-0.2, 0) is 0 Å². The van der Waals surface area contributed by atoms with Crippen LogP contribution in [-0.4, -0.2) is 11.5 Å². The Labute approximate surface area is 106 Å². The number of nitrogens with zero attached hydrogens (tertiary/aromatic N) is 1. The van der Waals surface area contributed by atoms with Crippen molar-refractivity contribution in [3.05, 3.63) is 47.1 Å². The third kappa shape index (κ3) is 2.97. The summed E-state index contributed by atoms with van der Waals surface area (Å²) in [7, 11) is 0. The molecule has 4 nitrogen and oxygen atoms in total. The van der Waals surface area contributed by atoms with E-state index >= 15 is 0 Å². The summed E-state index contributed by atoms with van der Waals surface area (Å²) >= 11 is 0. The SMILES string of the molecule is CCCCNc1ccc(-c2cccnc2)oc1=O. The van der Waals surface area contributed by atoms with E-state index in [4.69, 9.17) is 4.42 Å². The minimum Gasteiger partial charge on any atom is -0.421 e. The molecule has 0 aromatic carbocycles. The van der Waals surface area contributed by atoms with E-state index in [-0.39, 0.29) is 5.63 Å². The molecular weight excluding hydrogens is 228 g/mol. The zero-order valence-electron chi connectivity index (χ0n) is 10.3. The summed E-state index contributed by atoms with van der Waals surface area (Å²) in [6.45, 7) is 2.89. The van der Waals surface area contributed by atoms with Crippen molar-refractivity contribution in [3.8, 4) is 11.3 Å². The van der Waals surface area contributed by atoms with Crippen LogP contribution in [0.5, 0.6) is 0 Å². The van der Waals surface area contributed by atoms with E-state index in [9.17, 15) is 4.79 Å². The fourth-order valence-electron chi connectivity index (χ4n) is 1.61.